The quantitative estimate of drug-likeness (QED) is 0.620. The van der Waals surface area contributed by atoms with Gasteiger partial charge < -0.3 is 0 Å². The van der Waals surface area contributed by atoms with Crippen molar-refractivity contribution < 1.29 is 4.21 Å². The maximum absolute atomic E-state index is 11.2. The Kier molecular flexibility index (Phi) is 2.88. The zero-order valence-electron chi connectivity index (χ0n) is 6.91. The first kappa shape index (κ1) is 8.53. The summed E-state index contributed by atoms with van der Waals surface area (Å²) < 4.78 is 13.0. The van der Waals surface area contributed by atoms with E-state index in [4.69, 9.17) is 0 Å². The normalized spacial score (nSPS) is 23.6. The van der Waals surface area contributed by atoms with Crippen LogP contribution in [0.5, 0.6) is 0 Å². The third-order valence-corrected chi connectivity index (χ3v) is 2.85. The molecule has 1 aliphatic heterocycles. The maximum atomic E-state index is 11.2. The molecule has 1 aliphatic rings. The topological polar surface area (TPSA) is 20.3 Å². The van der Waals surface area contributed by atoms with E-state index in [0.29, 0.717) is 0 Å². The molecule has 0 aliphatic carbocycles. The Morgan fingerprint density at radius 3 is 2.82 bits per heavy atom. The summed E-state index contributed by atoms with van der Waals surface area (Å²) in [6, 6.07) is 0. The van der Waals surface area contributed by atoms with Gasteiger partial charge in [-0.2, -0.15) is 0 Å². The Morgan fingerprint density at radius 1 is 1.55 bits per heavy atom. The van der Waals surface area contributed by atoms with Gasteiger partial charge in [0.15, 0.2) is 0 Å². The van der Waals surface area contributed by atoms with Crippen molar-refractivity contribution in [2.75, 3.05) is 6.54 Å². The van der Waals surface area contributed by atoms with Crippen LogP contribution in [-0.4, -0.2) is 15.1 Å². The number of rotatable bonds is 2. The molecular formula is C8H13NOS. The average Bonchev–Trinajstić information content (AvgIpc) is 2.05. The molecule has 0 spiro atoms. The molecule has 0 amide bonds. The molecule has 1 unspecified atom stereocenters. The van der Waals surface area contributed by atoms with E-state index in [2.05, 4.69) is 6.92 Å². The van der Waals surface area contributed by atoms with Crippen LogP contribution in [0.1, 0.15) is 20.3 Å². The van der Waals surface area contributed by atoms with Gasteiger partial charge in [-0.25, -0.2) is 4.21 Å². The van der Waals surface area contributed by atoms with Crippen LogP contribution in [0.25, 0.3) is 0 Å². The number of nitrogens with zero attached hydrogens (tertiary/aromatic N) is 1. The van der Waals surface area contributed by atoms with Gasteiger partial charge >= 0.3 is 0 Å². The minimum atomic E-state index is -0.924. The van der Waals surface area contributed by atoms with E-state index in [1.54, 1.807) is 5.41 Å². The maximum Gasteiger partial charge on any atom is 0.144 e. The minimum Gasteiger partial charge on any atom is -0.295 e. The fraction of sp³-hybridized carbons (Fsp3) is 0.500. The predicted molar refractivity (Wildman–Crippen MR) is 48.0 cm³/mol. The highest BCUT2D eigenvalue weighted by Gasteiger charge is 2.08. The molecular weight excluding hydrogens is 158 g/mol. The van der Waals surface area contributed by atoms with Crippen LogP contribution in [0.4, 0.5) is 0 Å². The number of hydrogen-bond acceptors (Lipinski definition) is 1. The van der Waals surface area contributed by atoms with E-state index in [1.807, 2.05) is 23.5 Å². The van der Waals surface area contributed by atoms with Gasteiger partial charge in [-0.05, 0) is 25.0 Å². The Bertz CT molecular complexity index is 220. The zero-order valence-corrected chi connectivity index (χ0v) is 7.73. The average molecular weight is 171 g/mol. The fourth-order valence-electron chi connectivity index (χ4n) is 0.931. The first-order valence-corrected chi connectivity index (χ1v) is 5.01. The lowest BCUT2D eigenvalue weighted by Gasteiger charge is -2.19. The first-order valence-electron chi connectivity index (χ1n) is 3.84. The monoisotopic (exact) mass is 171 g/mol. The standard InChI is InChI=1S/C8H13NOS/c1-3-8-5-6-11(10)9(4-2)7-8/h5-7H,3-4H2,1-2H3. The summed E-state index contributed by atoms with van der Waals surface area (Å²) >= 11 is 0. The highest BCUT2D eigenvalue weighted by molar-refractivity contribution is 7.85. The number of allylic oxidation sites excluding steroid dienone is 2. The molecule has 2 nitrogen and oxygen atoms in total. The number of hydrogen-bond donors (Lipinski definition) is 0. The largest absolute Gasteiger partial charge is 0.295 e. The second-order valence-electron chi connectivity index (χ2n) is 2.37. The third-order valence-electron chi connectivity index (χ3n) is 1.66. The van der Waals surface area contributed by atoms with Crippen LogP contribution in [0.3, 0.4) is 0 Å². The summed E-state index contributed by atoms with van der Waals surface area (Å²) in [7, 11) is -0.924. The van der Waals surface area contributed by atoms with Crippen molar-refractivity contribution in [1.29, 1.82) is 0 Å². The molecule has 11 heavy (non-hydrogen) atoms. The summed E-state index contributed by atoms with van der Waals surface area (Å²) in [5.41, 5.74) is 1.24. The molecule has 62 valence electrons. The lowest BCUT2D eigenvalue weighted by Crippen LogP contribution is -2.20. The highest BCUT2D eigenvalue weighted by Crippen LogP contribution is 2.13. The van der Waals surface area contributed by atoms with E-state index in [0.717, 1.165) is 13.0 Å². The van der Waals surface area contributed by atoms with Crippen molar-refractivity contribution in [3.63, 3.8) is 0 Å². The summed E-state index contributed by atoms with van der Waals surface area (Å²) in [6.07, 6.45) is 4.91. The van der Waals surface area contributed by atoms with Gasteiger partial charge in [0.2, 0.25) is 0 Å². The second-order valence-corrected chi connectivity index (χ2v) is 3.66. The van der Waals surface area contributed by atoms with Gasteiger partial charge in [-0.3, -0.25) is 4.31 Å². The van der Waals surface area contributed by atoms with Gasteiger partial charge in [-0.1, -0.05) is 6.92 Å². The van der Waals surface area contributed by atoms with Gasteiger partial charge in [0.1, 0.15) is 11.0 Å². The smallest absolute Gasteiger partial charge is 0.144 e. The summed E-state index contributed by atoms with van der Waals surface area (Å²) in [6.45, 7) is 4.90. The molecule has 3 heteroatoms. The van der Waals surface area contributed by atoms with E-state index < -0.39 is 11.0 Å². The molecule has 0 aromatic rings. The Morgan fingerprint density at radius 2 is 2.27 bits per heavy atom. The summed E-state index contributed by atoms with van der Waals surface area (Å²) in [4.78, 5) is 0. The van der Waals surface area contributed by atoms with Gasteiger partial charge in [0.25, 0.3) is 0 Å². The van der Waals surface area contributed by atoms with Crippen LogP contribution in [0.15, 0.2) is 23.3 Å². The van der Waals surface area contributed by atoms with E-state index in [9.17, 15) is 4.21 Å². The van der Waals surface area contributed by atoms with E-state index in [-0.39, 0.29) is 0 Å². The highest BCUT2D eigenvalue weighted by atomic mass is 32.2. The fourth-order valence-corrected chi connectivity index (χ4v) is 1.87. The van der Waals surface area contributed by atoms with Crippen molar-refractivity contribution >= 4 is 11.0 Å². The molecule has 0 fully saturated rings. The van der Waals surface area contributed by atoms with Crippen LogP contribution in [0, 0.1) is 0 Å². The van der Waals surface area contributed by atoms with E-state index >= 15 is 0 Å². The predicted octanol–water partition coefficient (Wildman–Crippen LogP) is 1.79. The molecule has 0 radical (unpaired) electrons. The van der Waals surface area contributed by atoms with Crippen LogP contribution >= 0.6 is 0 Å². The molecule has 1 atom stereocenters. The van der Waals surface area contributed by atoms with Crippen molar-refractivity contribution in [1.82, 2.24) is 4.31 Å². The first-order chi connectivity index (χ1) is 5.27. The molecule has 0 saturated carbocycles. The molecule has 0 aromatic heterocycles. The SMILES string of the molecule is CCC1=CN(CC)S(=O)C=C1. The van der Waals surface area contributed by atoms with Crippen LogP contribution in [0.2, 0.25) is 0 Å². The second kappa shape index (κ2) is 3.72. The van der Waals surface area contributed by atoms with Gasteiger partial charge in [-0.15, -0.1) is 0 Å². The lowest BCUT2D eigenvalue weighted by molar-refractivity contribution is 0.586. The Balaban J connectivity index is 2.75. The van der Waals surface area contributed by atoms with E-state index in [1.165, 1.54) is 5.57 Å². The van der Waals surface area contributed by atoms with Gasteiger partial charge in [0, 0.05) is 18.2 Å². The molecule has 1 heterocycles. The molecule has 0 saturated heterocycles. The Labute approximate surface area is 70.2 Å². The van der Waals surface area contributed by atoms with Gasteiger partial charge in [0.05, 0.1) is 0 Å². The summed E-state index contributed by atoms with van der Waals surface area (Å²) in [5, 5.41) is 1.74. The zero-order chi connectivity index (χ0) is 8.27. The van der Waals surface area contributed by atoms with Crippen LogP contribution in [-0.2, 0) is 11.0 Å². The van der Waals surface area contributed by atoms with Crippen molar-refractivity contribution in [2.45, 2.75) is 20.3 Å². The van der Waals surface area contributed by atoms with Crippen molar-refractivity contribution in [3.05, 3.63) is 23.3 Å². The summed E-state index contributed by atoms with van der Waals surface area (Å²) in [5.74, 6) is 0. The lowest BCUT2D eigenvalue weighted by atomic mass is 10.2. The molecule has 0 N–H and O–H groups in total. The van der Waals surface area contributed by atoms with Crippen molar-refractivity contribution in [3.8, 4) is 0 Å². The molecule has 0 bridgehead atoms. The van der Waals surface area contributed by atoms with Crippen molar-refractivity contribution in [2.24, 2.45) is 0 Å². The minimum absolute atomic E-state index is 0.806. The molecule has 0 aromatic carbocycles. The third kappa shape index (κ3) is 1.93. The Hall–Kier alpha value is -0.570. The van der Waals surface area contributed by atoms with Crippen LogP contribution < -0.4 is 0 Å². The molecule has 1 rings (SSSR count).